The summed E-state index contributed by atoms with van der Waals surface area (Å²) in [5, 5.41) is 10.7. The Morgan fingerprint density at radius 1 is 1.24 bits per heavy atom. The second kappa shape index (κ2) is 4.69. The lowest BCUT2D eigenvalue weighted by molar-refractivity contribution is 0.0770. The third-order valence-electron chi connectivity index (χ3n) is 3.03. The van der Waals surface area contributed by atoms with E-state index in [0.29, 0.717) is 6.61 Å². The average molecular weight is 229 g/mol. The standard InChI is InChI=1S/C13H15N3O/c1-2-4-10(5-3-1)13-11(8-15-16-13)12-9-17-7-6-14-12/h1-5,8,12,14H,6-7,9H2,(H,15,16). The first-order valence-electron chi connectivity index (χ1n) is 5.85. The molecule has 4 nitrogen and oxygen atoms in total. The van der Waals surface area contributed by atoms with Crippen molar-refractivity contribution in [3.63, 3.8) is 0 Å². The van der Waals surface area contributed by atoms with E-state index in [1.54, 1.807) is 0 Å². The van der Waals surface area contributed by atoms with Gasteiger partial charge < -0.3 is 10.1 Å². The lowest BCUT2D eigenvalue weighted by Crippen LogP contribution is -2.34. The average Bonchev–Trinajstić information content (AvgIpc) is 2.90. The van der Waals surface area contributed by atoms with Crippen molar-refractivity contribution in [3.8, 4) is 11.3 Å². The number of benzene rings is 1. The number of hydrogen-bond donors (Lipinski definition) is 2. The summed E-state index contributed by atoms with van der Waals surface area (Å²) >= 11 is 0. The molecule has 0 amide bonds. The quantitative estimate of drug-likeness (QED) is 0.824. The molecular formula is C13H15N3O. The molecule has 0 radical (unpaired) electrons. The zero-order chi connectivity index (χ0) is 11.5. The Bertz CT molecular complexity index is 474. The normalized spacial score (nSPS) is 20.4. The molecule has 2 aromatic rings. The first-order chi connectivity index (χ1) is 8.45. The van der Waals surface area contributed by atoms with Crippen molar-refractivity contribution in [1.82, 2.24) is 15.5 Å². The molecule has 88 valence electrons. The van der Waals surface area contributed by atoms with Crippen LogP contribution in [0.4, 0.5) is 0 Å². The van der Waals surface area contributed by atoms with Gasteiger partial charge in [-0.1, -0.05) is 30.3 Å². The molecule has 0 spiro atoms. The molecule has 0 aliphatic carbocycles. The number of rotatable bonds is 2. The van der Waals surface area contributed by atoms with Gasteiger partial charge in [0.25, 0.3) is 0 Å². The molecule has 2 N–H and O–H groups in total. The summed E-state index contributed by atoms with van der Waals surface area (Å²) in [6.45, 7) is 2.39. The van der Waals surface area contributed by atoms with Gasteiger partial charge in [0.05, 0.1) is 31.1 Å². The zero-order valence-corrected chi connectivity index (χ0v) is 9.52. The monoisotopic (exact) mass is 229 g/mol. The third-order valence-corrected chi connectivity index (χ3v) is 3.03. The molecule has 1 unspecified atom stereocenters. The van der Waals surface area contributed by atoms with Crippen LogP contribution in [0.5, 0.6) is 0 Å². The number of morpholine rings is 1. The Morgan fingerprint density at radius 2 is 2.12 bits per heavy atom. The first-order valence-corrected chi connectivity index (χ1v) is 5.85. The largest absolute Gasteiger partial charge is 0.378 e. The maximum atomic E-state index is 5.49. The predicted octanol–water partition coefficient (Wildman–Crippen LogP) is 1.74. The van der Waals surface area contributed by atoms with Crippen LogP contribution >= 0.6 is 0 Å². The minimum atomic E-state index is 0.234. The Balaban J connectivity index is 1.93. The molecule has 3 rings (SSSR count). The topological polar surface area (TPSA) is 49.9 Å². The van der Waals surface area contributed by atoms with Crippen molar-refractivity contribution < 1.29 is 4.74 Å². The highest BCUT2D eigenvalue weighted by molar-refractivity contribution is 5.63. The van der Waals surface area contributed by atoms with Crippen LogP contribution in [0.3, 0.4) is 0 Å². The smallest absolute Gasteiger partial charge is 0.0698 e. The molecular weight excluding hydrogens is 214 g/mol. The SMILES string of the molecule is c1ccc(-c2[nH]ncc2C2COCCN2)cc1. The number of ether oxygens (including phenoxy) is 1. The van der Waals surface area contributed by atoms with Crippen LogP contribution in [-0.2, 0) is 4.74 Å². The van der Waals surface area contributed by atoms with E-state index in [1.165, 1.54) is 5.56 Å². The summed E-state index contributed by atoms with van der Waals surface area (Å²) in [5.41, 5.74) is 3.41. The van der Waals surface area contributed by atoms with E-state index in [2.05, 4.69) is 27.6 Å². The van der Waals surface area contributed by atoms with E-state index < -0.39 is 0 Å². The van der Waals surface area contributed by atoms with Crippen LogP contribution in [0.15, 0.2) is 36.5 Å². The highest BCUT2D eigenvalue weighted by Crippen LogP contribution is 2.26. The van der Waals surface area contributed by atoms with Crippen LogP contribution in [-0.4, -0.2) is 30.0 Å². The molecule has 1 aliphatic rings. The summed E-state index contributed by atoms with van der Waals surface area (Å²) in [5.74, 6) is 0. The number of H-pyrrole nitrogens is 1. The van der Waals surface area contributed by atoms with Crippen LogP contribution in [0.25, 0.3) is 11.3 Å². The molecule has 1 aromatic carbocycles. The van der Waals surface area contributed by atoms with E-state index in [1.807, 2.05) is 24.4 Å². The summed E-state index contributed by atoms with van der Waals surface area (Å²) in [6, 6.07) is 10.5. The Hall–Kier alpha value is -1.65. The van der Waals surface area contributed by atoms with Gasteiger partial charge in [0.2, 0.25) is 0 Å². The number of hydrogen-bond acceptors (Lipinski definition) is 3. The fourth-order valence-corrected chi connectivity index (χ4v) is 2.16. The van der Waals surface area contributed by atoms with E-state index in [-0.39, 0.29) is 6.04 Å². The van der Waals surface area contributed by atoms with Crippen molar-refractivity contribution in [2.24, 2.45) is 0 Å². The van der Waals surface area contributed by atoms with Gasteiger partial charge in [0.15, 0.2) is 0 Å². The Kier molecular flexibility index (Phi) is 2.90. The van der Waals surface area contributed by atoms with Crippen molar-refractivity contribution in [2.45, 2.75) is 6.04 Å². The van der Waals surface area contributed by atoms with Crippen LogP contribution in [0, 0.1) is 0 Å². The van der Waals surface area contributed by atoms with Crippen molar-refractivity contribution in [1.29, 1.82) is 0 Å². The van der Waals surface area contributed by atoms with Gasteiger partial charge in [0, 0.05) is 12.1 Å². The van der Waals surface area contributed by atoms with Crippen LogP contribution < -0.4 is 5.32 Å². The van der Waals surface area contributed by atoms with Gasteiger partial charge in [-0.3, -0.25) is 5.10 Å². The summed E-state index contributed by atoms with van der Waals surface area (Å²) in [4.78, 5) is 0. The Morgan fingerprint density at radius 3 is 2.88 bits per heavy atom. The lowest BCUT2D eigenvalue weighted by Gasteiger charge is -2.23. The van der Waals surface area contributed by atoms with Gasteiger partial charge >= 0.3 is 0 Å². The van der Waals surface area contributed by atoms with Gasteiger partial charge in [0.1, 0.15) is 0 Å². The maximum absolute atomic E-state index is 5.49. The summed E-state index contributed by atoms with van der Waals surface area (Å²) in [7, 11) is 0. The molecule has 2 heterocycles. The lowest BCUT2D eigenvalue weighted by atomic mass is 10.0. The van der Waals surface area contributed by atoms with E-state index in [0.717, 1.165) is 24.4 Å². The molecule has 0 bridgehead atoms. The number of nitrogens with zero attached hydrogens (tertiary/aromatic N) is 1. The predicted molar refractivity (Wildman–Crippen MR) is 65.6 cm³/mol. The third kappa shape index (κ3) is 2.09. The molecule has 17 heavy (non-hydrogen) atoms. The van der Waals surface area contributed by atoms with Gasteiger partial charge in [-0.15, -0.1) is 0 Å². The van der Waals surface area contributed by atoms with E-state index in [4.69, 9.17) is 4.74 Å². The van der Waals surface area contributed by atoms with E-state index in [9.17, 15) is 0 Å². The second-order valence-corrected chi connectivity index (χ2v) is 4.15. The van der Waals surface area contributed by atoms with E-state index >= 15 is 0 Å². The molecule has 1 saturated heterocycles. The molecule has 0 saturated carbocycles. The zero-order valence-electron chi connectivity index (χ0n) is 9.52. The molecule has 1 aliphatic heterocycles. The highest BCUT2D eigenvalue weighted by atomic mass is 16.5. The molecule has 4 heteroatoms. The van der Waals surface area contributed by atoms with Crippen LogP contribution in [0.2, 0.25) is 0 Å². The molecule has 1 atom stereocenters. The second-order valence-electron chi connectivity index (χ2n) is 4.15. The number of aromatic amines is 1. The summed E-state index contributed by atoms with van der Waals surface area (Å²) < 4.78 is 5.49. The summed E-state index contributed by atoms with van der Waals surface area (Å²) in [6.07, 6.45) is 1.88. The van der Waals surface area contributed by atoms with Crippen molar-refractivity contribution in [3.05, 3.63) is 42.1 Å². The maximum Gasteiger partial charge on any atom is 0.0698 e. The number of aromatic nitrogens is 2. The molecule has 1 fully saturated rings. The molecule has 1 aromatic heterocycles. The highest BCUT2D eigenvalue weighted by Gasteiger charge is 2.20. The van der Waals surface area contributed by atoms with Gasteiger partial charge in [-0.05, 0) is 5.56 Å². The van der Waals surface area contributed by atoms with Crippen molar-refractivity contribution >= 4 is 0 Å². The van der Waals surface area contributed by atoms with Crippen LogP contribution in [0.1, 0.15) is 11.6 Å². The number of nitrogens with one attached hydrogen (secondary N) is 2. The Labute approximate surface area is 100 Å². The minimum absolute atomic E-state index is 0.234. The van der Waals surface area contributed by atoms with Crippen molar-refractivity contribution in [2.75, 3.05) is 19.8 Å². The first kappa shape index (κ1) is 10.5. The van der Waals surface area contributed by atoms with Gasteiger partial charge in [-0.2, -0.15) is 5.10 Å². The fourth-order valence-electron chi connectivity index (χ4n) is 2.16. The van der Waals surface area contributed by atoms with Gasteiger partial charge in [-0.25, -0.2) is 0 Å². The fraction of sp³-hybridized carbons (Fsp3) is 0.308. The minimum Gasteiger partial charge on any atom is -0.378 e.